The van der Waals surface area contributed by atoms with Crippen LogP contribution in [0.15, 0.2) is 36.4 Å². The van der Waals surface area contributed by atoms with E-state index in [1.54, 1.807) is 17.9 Å². The van der Waals surface area contributed by atoms with E-state index in [2.05, 4.69) is 4.90 Å². The molecular weight excluding hydrogens is 585 g/mol. The van der Waals surface area contributed by atoms with E-state index in [0.29, 0.717) is 56.7 Å². The van der Waals surface area contributed by atoms with Crippen LogP contribution in [0.5, 0.6) is 0 Å². The van der Waals surface area contributed by atoms with Gasteiger partial charge in [0.2, 0.25) is 5.91 Å². The largest absolute Gasteiger partial charge is 0.428 e. The third-order valence-corrected chi connectivity index (χ3v) is 7.97. The van der Waals surface area contributed by atoms with E-state index < -0.39 is 48.0 Å². The van der Waals surface area contributed by atoms with Crippen molar-refractivity contribution in [1.29, 1.82) is 0 Å². The minimum Gasteiger partial charge on any atom is -0.350 e. The van der Waals surface area contributed by atoms with Gasteiger partial charge in [-0.1, -0.05) is 6.07 Å². The fourth-order valence-corrected chi connectivity index (χ4v) is 5.68. The molecule has 0 unspecified atom stereocenters. The summed E-state index contributed by atoms with van der Waals surface area (Å²) in [4.78, 5) is 35.4. The quantitative estimate of drug-likeness (QED) is 0.384. The number of aryl methyl sites for hydroxylation is 1. The molecule has 2 aromatic carbocycles. The number of piperazine rings is 1. The van der Waals surface area contributed by atoms with E-state index >= 15 is 0 Å². The van der Waals surface area contributed by atoms with E-state index in [1.165, 1.54) is 31.2 Å². The Morgan fingerprint density at radius 1 is 0.930 bits per heavy atom. The molecule has 2 fully saturated rings. The predicted molar refractivity (Wildman–Crippen MR) is 142 cm³/mol. The van der Waals surface area contributed by atoms with Crippen LogP contribution in [0.4, 0.5) is 35.5 Å². The summed E-state index contributed by atoms with van der Waals surface area (Å²) in [5.74, 6) is -0.429. The van der Waals surface area contributed by atoms with Crippen LogP contribution in [0, 0.1) is 12.7 Å². The number of hydrogen-bond acceptors (Lipinski definition) is 5. The number of hydroxylamine groups is 2. The molecule has 0 radical (unpaired) electrons. The number of rotatable bonds is 5. The SMILES string of the molecule is CC(=O)N1CCN([C@H]2CCN(OC(=O)N(C)Cc3cc(C(F)(F)F)cc(C(F)(F)F)c3)[C@@H](c3ccc(F)cc3C)C2)CC1. The molecule has 0 saturated carbocycles. The zero-order valence-corrected chi connectivity index (χ0v) is 23.9. The van der Waals surface area contributed by atoms with Gasteiger partial charge in [0, 0.05) is 59.3 Å². The third kappa shape index (κ3) is 7.96. The van der Waals surface area contributed by atoms with Crippen LogP contribution in [0.2, 0.25) is 0 Å². The van der Waals surface area contributed by atoms with Gasteiger partial charge in [-0.15, -0.1) is 5.06 Å². The normalized spacial score (nSPS) is 20.7. The lowest BCUT2D eigenvalue weighted by Crippen LogP contribution is -2.54. The van der Waals surface area contributed by atoms with E-state index in [1.807, 2.05) is 0 Å². The minimum absolute atomic E-state index is 0.00470. The van der Waals surface area contributed by atoms with Crippen molar-refractivity contribution >= 4 is 12.0 Å². The van der Waals surface area contributed by atoms with Gasteiger partial charge in [-0.25, -0.2) is 9.18 Å². The van der Waals surface area contributed by atoms with Crippen molar-refractivity contribution in [3.05, 3.63) is 70.0 Å². The second-order valence-electron chi connectivity index (χ2n) is 11.0. The van der Waals surface area contributed by atoms with Crippen LogP contribution in [0.1, 0.15) is 53.6 Å². The molecule has 2 aromatic rings. The molecule has 2 saturated heterocycles. The van der Waals surface area contributed by atoms with Gasteiger partial charge >= 0.3 is 18.4 Å². The average Bonchev–Trinajstić information content (AvgIpc) is 2.92. The van der Waals surface area contributed by atoms with Gasteiger partial charge < -0.3 is 14.6 Å². The fraction of sp³-hybridized carbons (Fsp3) is 0.517. The summed E-state index contributed by atoms with van der Waals surface area (Å²) in [7, 11) is 1.22. The molecule has 236 valence electrons. The summed E-state index contributed by atoms with van der Waals surface area (Å²) in [6.07, 6.45) is -9.90. The zero-order chi connectivity index (χ0) is 31.7. The lowest BCUT2D eigenvalue weighted by atomic mass is 9.89. The van der Waals surface area contributed by atoms with Gasteiger partial charge in [0.15, 0.2) is 0 Å². The van der Waals surface area contributed by atoms with Gasteiger partial charge in [-0.2, -0.15) is 26.3 Å². The second-order valence-corrected chi connectivity index (χ2v) is 11.0. The molecule has 0 aromatic heterocycles. The van der Waals surface area contributed by atoms with Crippen LogP contribution >= 0.6 is 0 Å². The highest BCUT2D eigenvalue weighted by Crippen LogP contribution is 2.38. The number of piperidine rings is 1. The van der Waals surface area contributed by atoms with Crippen molar-refractivity contribution in [3.63, 3.8) is 0 Å². The number of carbonyl (C=O) groups excluding carboxylic acids is 2. The van der Waals surface area contributed by atoms with Gasteiger partial charge in [0.1, 0.15) is 5.82 Å². The predicted octanol–water partition coefficient (Wildman–Crippen LogP) is 6.02. The number of halogens is 7. The van der Waals surface area contributed by atoms with Gasteiger partial charge in [0.25, 0.3) is 0 Å². The maximum atomic E-state index is 13.9. The highest BCUT2D eigenvalue weighted by molar-refractivity contribution is 5.73. The number of benzene rings is 2. The zero-order valence-electron chi connectivity index (χ0n) is 23.9. The molecule has 2 aliphatic heterocycles. The fourth-order valence-electron chi connectivity index (χ4n) is 5.68. The lowest BCUT2D eigenvalue weighted by Gasteiger charge is -2.45. The number of alkyl halides is 6. The molecule has 2 heterocycles. The Hall–Kier alpha value is -3.39. The maximum absolute atomic E-state index is 13.9. The molecule has 4 rings (SSSR count). The molecule has 43 heavy (non-hydrogen) atoms. The molecule has 2 amide bonds. The van der Waals surface area contributed by atoms with Crippen molar-refractivity contribution < 1.29 is 45.2 Å². The molecule has 0 spiro atoms. The van der Waals surface area contributed by atoms with Crippen molar-refractivity contribution in [1.82, 2.24) is 19.8 Å². The highest BCUT2D eigenvalue weighted by Gasteiger charge is 2.39. The first kappa shape index (κ1) is 32.5. The van der Waals surface area contributed by atoms with Gasteiger partial charge in [-0.3, -0.25) is 9.69 Å². The summed E-state index contributed by atoms with van der Waals surface area (Å²) >= 11 is 0. The molecule has 2 aliphatic rings. The highest BCUT2D eigenvalue weighted by atomic mass is 19.4. The smallest absolute Gasteiger partial charge is 0.350 e. The maximum Gasteiger partial charge on any atom is 0.428 e. The molecule has 0 bridgehead atoms. The second kappa shape index (κ2) is 12.7. The van der Waals surface area contributed by atoms with Crippen LogP contribution in [-0.4, -0.2) is 77.6 Å². The van der Waals surface area contributed by atoms with Crippen molar-refractivity contribution in [3.8, 4) is 0 Å². The van der Waals surface area contributed by atoms with Crippen molar-refractivity contribution in [2.75, 3.05) is 39.8 Å². The third-order valence-electron chi connectivity index (χ3n) is 7.97. The molecule has 2 atom stereocenters. The van der Waals surface area contributed by atoms with Crippen molar-refractivity contribution in [2.24, 2.45) is 0 Å². The molecule has 14 heteroatoms. The minimum atomic E-state index is -5.02. The van der Waals surface area contributed by atoms with Gasteiger partial charge in [0.05, 0.1) is 17.2 Å². The average molecular weight is 619 g/mol. The summed E-state index contributed by atoms with van der Waals surface area (Å²) in [6, 6.07) is 5.02. The molecule has 7 nitrogen and oxygen atoms in total. The molecular formula is C29H33F7N4O3. The number of nitrogens with zero attached hydrogens (tertiary/aromatic N) is 4. The van der Waals surface area contributed by atoms with Gasteiger partial charge in [-0.05, 0) is 66.8 Å². The first-order valence-electron chi connectivity index (χ1n) is 13.8. The van der Waals surface area contributed by atoms with E-state index in [9.17, 15) is 40.3 Å². The standard InChI is InChI=1S/C29H33F7N4O3/c1-18-12-23(30)4-5-25(18)26-16-24(39-10-8-38(9-11-39)19(2)41)6-7-40(26)43-27(42)37(3)17-20-13-21(28(31,32)33)15-22(14-20)29(34,35)36/h4-5,12-15,24,26H,6-11,16-17H2,1-3H3/t24-,26+/m0/s1. The Morgan fingerprint density at radius 2 is 1.53 bits per heavy atom. The molecule has 0 aliphatic carbocycles. The van der Waals surface area contributed by atoms with Crippen molar-refractivity contribution in [2.45, 2.75) is 57.7 Å². The number of amides is 2. The summed E-state index contributed by atoms with van der Waals surface area (Å²) in [5.41, 5.74) is -1.97. The van der Waals surface area contributed by atoms with Crippen LogP contribution < -0.4 is 0 Å². The Labute approximate surface area is 244 Å². The monoisotopic (exact) mass is 618 g/mol. The Bertz CT molecular complexity index is 1290. The Kier molecular flexibility index (Phi) is 9.60. The number of hydrogen-bond donors (Lipinski definition) is 0. The lowest BCUT2D eigenvalue weighted by molar-refractivity contribution is -0.167. The van der Waals surface area contributed by atoms with E-state index in [4.69, 9.17) is 4.84 Å². The summed E-state index contributed by atoms with van der Waals surface area (Å²) < 4.78 is 93.7. The van der Waals surface area contributed by atoms with E-state index in [0.717, 1.165) is 10.5 Å². The Balaban J connectivity index is 1.51. The summed E-state index contributed by atoms with van der Waals surface area (Å²) in [6.45, 7) is 5.46. The first-order chi connectivity index (χ1) is 20.0. The van der Waals surface area contributed by atoms with Crippen LogP contribution in [-0.2, 0) is 28.5 Å². The Morgan fingerprint density at radius 3 is 2.07 bits per heavy atom. The van der Waals surface area contributed by atoms with Crippen LogP contribution in [0.25, 0.3) is 0 Å². The summed E-state index contributed by atoms with van der Waals surface area (Å²) in [5, 5.41) is 1.44. The van der Waals surface area contributed by atoms with E-state index in [-0.39, 0.29) is 30.1 Å². The van der Waals surface area contributed by atoms with Crippen LogP contribution in [0.3, 0.4) is 0 Å². The topological polar surface area (TPSA) is 56.3 Å². The molecule has 0 N–H and O–H groups in total. The first-order valence-corrected chi connectivity index (χ1v) is 13.8. The number of carbonyl (C=O) groups is 2.